The van der Waals surface area contributed by atoms with Gasteiger partial charge in [-0.1, -0.05) is 22.9 Å². The van der Waals surface area contributed by atoms with Crippen molar-refractivity contribution >= 4 is 5.82 Å². The highest BCUT2D eigenvalue weighted by Gasteiger charge is 2.20. The predicted octanol–water partition coefficient (Wildman–Crippen LogP) is 3.14. The molecule has 1 aliphatic heterocycles. The predicted molar refractivity (Wildman–Crippen MR) is 115 cm³/mol. The van der Waals surface area contributed by atoms with Crippen LogP contribution in [0.1, 0.15) is 16.8 Å². The monoisotopic (exact) mass is 417 g/mol. The number of rotatable bonds is 4. The van der Waals surface area contributed by atoms with Crippen LogP contribution in [0.2, 0.25) is 0 Å². The number of morpholine rings is 1. The van der Waals surface area contributed by atoms with Gasteiger partial charge in [0.2, 0.25) is 5.82 Å². The molecule has 0 unspecified atom stereocenters. The highest BCUT2D eigenvalue weighted by Crippen LogP contribution is 2.26. The van der Waals surface area contributed by atoms with Gasteiger partial charge in [-0.15, -0.1) is 5.10 Å². The van der Waals surface area contributed by atoms with E-state index in [4.69, 9.17) is 9.26 Å². The van der Waals surface area contributed by atoms with Crippen LogP contribution in [0.4, 0.5) is 5.82 Å². The van der Waals surface area contributed by atoms with Crippen LogP contribution in [-0.2, 0) is 4.74 Å². The molecule has 0 bridgehead atoms. The van der Waals surface area contributed by atoms with Crippen LogP contribution in [0.15, 0.2) is 41.1 Å². The summed E-state index contributed by atoms with van der Waals surface area (Å²) in [5, 5.41) is 13.3. The van der Waals surface area contributed by atoms with Gasteiger partial charge in [0.05, 0.1) is 24.6 Å². The summed E-state index contributed by atoms with van der Waals surface area (Å²) in [6.45, 7) is 9.02. The Morgan fingerprint density at radius 2 is 1.81 bits per heavy atom. The van der Waals surface area contributed by atoms with Crippen LogP contribution < -0.4 is 4.90 Å². The maximum atomic E-state index is 5.54. The van der Waals surface area contributed by atoms with Gasteiger partial charge in [0.1, 0.15) is 5.82 Å². The van der Waals surface area contributed by atoms with Crippen LogP contribution in [0.3, 0.4) is 0 Å². The average molecular weight is 417 g/mol. The van der Waals surface area contributed by atoms with Crippen LogP contribution in [-0.4, -0.2) is 56.4 Å². The lowest BCUT2D eigenvalue weighted by Crippen LogP contribution is -2.36. The van der Waals surface area contributed by atoms with Gasteiger partial charge in [0.25, 0.3) is 5.89 Å². The highest BCUT2D eigenvalue weighted by molar-refractivity contribution is 5.62. The Balaban J connectivity index is 1.44. The molecule has 0 spiro atoms. The molecule has 0 saturated carbocycles. The molecule has 0 radical (unpaired) electrons. The third-order valence-corrected chi connectivity index (χ3v) is 5.32. The van der Waals surface area contributed by atoms with Gasteiger partial charge >= 0.3 is 0 Å². The molecule has 9 nitrogen and oxygen atoms in total. The number of benzene rings is 1. The third-order valence-electron chi connectivity index (χ3n) is 5.32. The van der Waals surface area contributed by atoms with Crippen LogP contribution in [0.25, 0.3) is 28.7 Å². The summed E-state index contributed by atoms with van der Waals surface area (Å²) in [5.74, 6) is 1.71. The first-order valence-corrected chi connectivity index (χ1v) is 10.2. The molecule has 5 rings (SSSR count). The first-order chi connectivity index (χ1) is 15.1. The van der Waals surface area contributed by atoms with E-state index in [2.05, 4.69) is 43.2 Å². The van der Waals surface area contributed by atoms with E-state index in [1.807, 2.05) is 38.1 Å². The summed E-state index contributed by atoms with van der Waals surface area (Å²) < 4.78 is 11.0. The Morgan fingerprint density at radius 1 is 0.968 bits per heavy atom. The summed E-state index contributed by atoms with van der Waals surface area (Å²) in [4.78, 5) is 12.9. The van der Waals surface area contributed by atoms with E-state index in [0.717, 1.165) is 41.4 Å². The van der Waals surface area contributed by atoms with Crippen molar-refractivity contribution < 1.29 is 9.26 Å². The fraction of sp³-hybridized carbons (Fsp3) is 0.318. The normalized spacial score (nSPS) is 14.2. The number of pyridine rings is 1. The molecule has 9 heteroatoms. The second kappa shape index (κ2) is 7.92. The van der Waals surface area contributed by atoms with Crippen molar-refractivity contribution in [2.45, 2.75) is 20.8 Å². The van der Waals surface area contributed by atoms with Crippen molar-refractivity contribution in [3.8, 4) is 28.7 Å². The van der Waals surface area contributed by atoms with Gasteiger partial charge in [0.15, 0.2) is 5.69 Å². The molecule has 4 heterocycles. The SMILES string of the molecule is Cc1ccc(-n2nc(C)c(-c3nc(-c4ccnc(N5CCOCC5)c4)no3)n2)c(C)c1. The molecule has 1 aliphatic rings. The number of anilines is 1. The second-order valence-electron chi connectivity index (χ2n) is 7.64. The largest absolute Gasteiger partial charge is 0.378 e. The summed E-state index contributed by atoms with van der Waals surface area (Å²) in [6, 6.07) is 10.0. The zero-order chi connectivity index (χ0) is 21.4. The first-order valence-electron chi connectivity index (χ1n) is 10.2. The smallest absolute Gasteiger partial charge is 0.280 e. The second-order valence-corrected chi connectivity index (χ2v) is 7.64. The van der Waals surface area contributed by atoms with Crippen LogP contribution in [0, 0.1) is 20.8 Å². The Labute approximate surface area is 179 Å². The first kappa shape index (κ1) is 19.4. The van der Waals surface area contributed by atoms with Crippen molar-refractivity contribution in [3.05, 3.63) is 53.3 Å². The van der Waals surface area contributed by atoms with Gasteiger partial charge in [-0.2, -0.15) is 14.9 Å². The van der Waals surface area contributed by atoms with Gasteiger partial charge in [-0.3, -0.25) is 0 Å². The molecular formula is C22H23N7O2. The van der Waals surface area contributed by atoms with Gasteiger partial charge in [0, 0.05) is 24.8 Å². The minimum absolute atomic E-state index is 0.341. The van der Waals surface area contributed by atoms with E-state index in [0.29, 0.717) is 30.6 Å². The fourth-order valence-electron chi connectivity index (χ4n) is 3.67. The lowest BCUT2D eigenvalue weighted by molar-refractivity contribution is 0.122. The van der Waals surface area contributed by atoms with Crippen LogP contribution >= 0.6 is 0 Å². The molecule has 4 aromatic rings. The lowest BCUT2D eigenvalue weighted by atomic mass is 10.1. The summed E-state index contributed by atoms with van der Waals surface area (Å²) in [5.41, 5.74) is 5.34. The number of aryl methyl sites for hydroxylation is 3. The summed E-state index contributed by atoms with van der Waals surface area (Å²) in [7, 11) is 0. The van der Waals surface area contributed by atoms with E-state index < -0.39 is 0 Å². The topological polar surface area (TPSA) is 95.0 Å². The van der Waals surface area contributed by atoms with E-state index in [9.17, 15) is 0 Å². The Hall–Kier alpha value is -3.59. The minimum Gasteiger partial charge on any atom is -0.378 e. The number of hydrogen-bond acceptors (Lipinski definition) is 8. The molecule has 1 saturated heterocycles. The third kappa shape index (κ3) is 3.79. The number of aromatic nitrogens is 6. The van der Waals surface area contributed by atoms with Crippen molar-refractivity contribution in [2.75, 3.05) is 31.2 Å². The van der Waals surface area contributed by atoms with Crippen molar-refractivity contribution in [1.82, 2.24) is 30.1 Å². The van der Waals surface area contributed by atoms with Crippen molar-refractivity contribution in [2.24, 2.45) is 0 Å². The number of nitrogens with zero attached hydrogens (tertiary/aromatic N) is 7. The summed E-state index contributed by atoms with van der Waals surface area (Å²) >= 11 is 0. The molecule has 0 atom stereocenters. The molecule has 0 N–H and O–H groups in total. The number of ether oxygens (including phenoxy) is 1. The zero-order valence-electron chi connectivity index (χ0n) is 17.7. The maximum absolute atomic E-state index is 5.54. The van der Waals surface area contributed by atoms with Crippen LogP contribution in [0.5, 0.6) is 0 Å². The lowest BCUT2D eigenvalue weighted by Gasteiger charge is -2.27. The van der Waals surface area contributed by atoms with E-state index in [1.54, 1.807) is 11.0 Å². The molecule has 1 fully saturated rings. The minimum atomic E-state index is 0.341. The van der Waals surface area contributed by atoms with Crippen molar-refractivity contribution in [3.63, 3.8) is 0 Å². The standard InChI is InChI=1S/C22H23N7O2/c1-14-4-5-18(15(2)12-14)29-25-16(3)20(26-29)22-24-21(27-31-22)17-6-7-23-19(13-17)28-8-10-30-11-9-28/h4-7,12-13H,8-11H2,1-3H3. The Morgan fingerprint density at radius 3 is 2.61 bits per heavy atom. The van der Waals surface area contributed by atoms with E-state index in [1.165, 1.54) is 5.56 Å². The van der Waals surface area contributed by atoms with E-state index >= 15 is 0 Å². The molecule has 3 aromatic heterocycles. The molecule has 31 heavy (non-hydrogen) atoms. The zero-order valence-corrected chi connectivity index (χ0v) is 17.7. The molecule has 1 aromatic carbocycles. The molecular weight excluding hydrogens is 394 g/mol. The molecule has 0 amide bonds. The van der Waals surface area contributed by atoms with E-state index in [-0.39, 0.29) is 0 Å². The Bertz CT molecular complexity index is 1220. The van der Waals surface area contributed by atoms with Crippen molar-refractivity contribution in [1.29, 1.82) is 0 Å². The fourth-order valence-corrected chi connectivity index (χ4v) is 3.67. The number of hydrogen-bond donors (Lipinski definition) is 0. The van der Waals surface area contributed by atoms with Gasteiger partial charge in [-0.05, 0) is 44.5 Å². The maximum Gasteiger partial charge on any atom is 0.280 e. The van der Waals surface area contributed by atoms with Gasteiger partial charge in [-0.25, -0.2) is 4.98 Å². The van der Waals surface area contributed by atoms with Gasteiger partial charge < -0.3 is 14.2 Å². The molecule has 158 valence electrons. The Kier molecular flexibility index (Phi) is 4.95. The average Bonchev–Trinajstić information content (AvgIpc) is 3.41. The summed E-state index contributed by atoms with van der Waals surface area (Å²) in [6.07, 6.45) is 1.76. The molecule has 0 aliphatic carbocycles. The quantitative estimate of drug-likeness (QED) is 0.500. The highest BCUT2D eigenvalue weighted by atomic mass is 16.5.